The summed E-state index contributed by atoms with van der Waals surface area (Å²) in [5.74, 6) is -0.664. The SMILES string of the molecule is Cc1ccc(S(=O)(=O)CCC(=O)NCc2ccc(S(=O)(=O)N(C)C(C)C)cc2)cc1. The number of nitrogens with zero attached hydrogens (tertiary/aromatic N) is 1. The van der Waals surface area contributed by atoms with Gasteiger partial charge in [0.1, 0.15) is 0 Å². The maximum Gasteiger partial charge on any atom is 0.243 e. The number of aryl methyl sites for hydroxylation is 1. The van der Waals surface area contributed by atoms with Crippen molar-refractivity contribution in [2.24, 2.45) is 0 Å². The first-order valence-electron chi connectivity index (χ1n) is 9.56. The fraction of sp³-hybridized carbons (Fsp3) is 0.381. The quantitative estimate of drug-likeness (QED) is 0.630. The third-order valence-corrected chi connectivity index (χ3v) is 8.57. The second-order valence-electron chi connectivity index (χ2n) is 7.42. The summed E-state index contributed by atoms with van der Waals surface area (Å²) in [6.45, 7) is 5.64. The number of sulfonamides is 1. The second kappa shape index (κ2) is 9.72. The Morgan fingerprint density at radius 2 is 1.47 bits per heavy atom. The van der Waals surface area contributed by atoms with E-state index in [2.05, 4.69) is 5.32 Å². The lowest BCUT2D eigenvalue weighted by molar-refractivity contribution is -0.120. The minimum Gasteiger partial charge on any atom is -0.352 e. The molecule has 0 radical (unpaired) electrons. The topological polar surface area (TPSA) is 101 Å². The molecule has 0 saturated carbocycles. The van der Waals surface area contributed by atoms with Crippen LogP contribution in [-0.2, 0) is 31.2 Å². The van der Waals surface area contributed by atoms with Crippen LogP contribution in [0.25, 0.3) is 0 Å². The zero-order valence-corrected chi connectivity index (χ0v) is 19.3. The van der Waals surface area contributed by atoms with Crippen LogP contribution in [0.1, 0.15) is 31.4 Å². The van der Waals surface area contributed by atoms with Crippen LogP contribution in [0.4, 0.5) is 0 Å². The van der Waals surface area contributed by atoms with Gasteiger partial charge in [0.15, 0.2) is 9.84 Å². The van der Waals surface area contributed by atoms with E-state index in [4.69, 9.17) is 0 Å². The van der Waals surface area contributed by atoms with E-state index in [0.717, 1.165) is 11.1 Å². The number of sulfone groups is 1. The molecule has 164 valence electrons. The van der Waals surface area contributed by atoms with Gasteiger partial charge in [-0.05, 0) is 50.6 Å². The molecule has 0 unspecified atom stereocenters. The number of carbonyl (C=O) groups is 1. The molecule has 0 spiro atoms. The van der Waals surface area contributed by atoms with E-state index in [1.165, 1.54) is 35.6 Å². The Bertz CT molecular complexity index is 1080. The second-order valence-corrected chi connectivity index (χ2v) is 11.5. The van der Waals surface area contributed by atoms with Crippen LogP contribution in [0.3, 0.4) is 0 Å². The fourth-order valence-corrected chi connectivity index (χ4v) is 5.21. The average molecular weight is 453 g/mol. The van der Waals surface area contributed by atoms with E-state index in [-0.39, 0.29) is 40.5 Å². The number of hydrogen-bond donors (Lipinski definition) is 1. The van der Waals surface area contributed by atoms with Gasteiger partial charge >= 0.3 is 0 Å². The first kappa shape index (κ1) is 24.0. The molecule has 0 bridgehead atoms. The molecule has 0 saturated heterocycles. The Morgan fingerprint density at radius 1 is 0.933 bits per heavy atom. The minimum atomic E-state index is -3.56. The Labute approximate surface area is 179 Å². The monoisotopic (exact) mass is 452 g/mol. The maximum absolute atomic E-state index is 12.5. The van der Waals surface area contributed by atoms with Gasteiger partial charge in [0, 0.05) is 26.1 Å². The fourth-order valence-electron chi connectivity index (χ4n) is 2.60. The number of carbonyl (C=O) groups excluding carboxylic acids is 1. The summed E-state index contributed by atoms with van der Waals surface area (Å²) in [5, 5.41) is 2.67. The van der Waals surface area contributed by atoms with Crippen LogP contribution in [0.15, 0.2) is 58.3 Å². The Balaban J connectivity index is 1.91. The van der Waals surface area contributed by atoms with Crippen molar-refractivity contribution in [3.05, 3.63) is 59.7 Å². The molecule has 0 heterocycles. The van der Waals surface area contributed by atoms with Gasteiger partial charge in [-0.15, -0.1) is 0 Å². The lowest BCUT2D eigenvalue weighted by atomic mass is 10.2. The zero-order chi connectivity index (χ0) is 22.5. The molecule has 30 heavy (non-hydrogen) atoms. The Kier molecular flexibility index (Phi) is 7.79. The smallest absolute Gasteiger partial charge is 0.243 e. The number of hydrogen-bond acceptors (Lipinski definition) is 5. The average Bonchev–Trinajstić information content (AvgIpc) is 2.70. The summed E-state index contributed by atoms with van der Waals surface area (Å²) in [4.78, 5) is 12.4. The standard InChI is InChI=1S/C21H28N2O5S2/c1-16(2)23(4)30(27,28)20-11-7-18(8-12-20)15-22-21(24)13-14-29(25,26)19-9-5-17(3)6-10-19/h5-12,16H,13-15H2,1-4H3,(H,22,24). The number of rotatable bonds is 9. The lowest BCUT2D eigenvalue weighted by Crippen LogP contribution is -2.33. The van der Waals surface area contributed by atoms with Gasteiger partial charge < -0.3 is 5.32 Å². The molecule has 0 fully saturated rings. The Hall–Kier alpha value is -2.23. The van der Waals surface area contributed by atoms with Crippen molar-refractivity contribution in [3.63, 3.8) is 0 Å². The molecule has 7 nitrogen and oxygen atoms in total. The third kappa shape index (κ3) is 6.13. The summed E-state index contributed by atoms with van der Waals surface area (Å²) >= 11 is 0. The van der Waals surface area contributed by atoms with Crippen LogP contribution < -0.4 is 5.32 Å². The molecule has 0 aliphatic rings. The molecule has 0 aromatic heterocycles. The summed E-state index contributed by atoms with van der Waals surface area (Å²) in [5.41, 5.74) is 1.68. The molecule has 1 N–H and O–H groups in total. The van der Waals surface area contributed by atoms with Crippen LogP contribution >= 0.6 is 0 Å². The summed E-state index contributed by atoms with van der Waals surface area (Å²) in [6.07, 6.45) is -0.151. The van der Waals surface area contributed by atoms with Crippen molar-refractivity contribution in [2.75, 3.05) is 12.8 Å². The molecule has 1 amide bonds. The van der Waals surface area contributed by atoms with E-state index >= 15 is 0 Å². The number of benzene rings is 2. The van der Waals surface area contributed by atoms with Gasteiger partial charge in [0.05, 0.1) is 15.5 Å². The van der Waals surface area contributed by atoms with Crippen LogP contribution in [0.2, 0.25) is 0 Å². The highest BCUT2D eigenvalue weighted by atomic mass is 32.2. The van der Waals surface area contributed by atoms with Gasteiger partial charge in [0.25, 0.3) is 0 Å². The molecule has 0 aliphatic heterocycles. The van der Waals surface area contributed by atoms with Crippen molar-refractivity contribution in [2.45, 2.75) is 49.6 Å². The van der Waals surface area contributed by atoms with E-state index in [9.17, 15) is 21.6 Å². The van der Waals surface area contributed by atoms with Crippen LogP contribution in [-0.4, -0.2) is 45.9 Å². The molecule has 0 aliphatic carbocycles. The first-order valence-corrected chi connectivity index (χ1v) is 12.7. The van der Waals surface area contributed by atoms with Crippen molar-refractivity contribution < 1.29 is 21.6 Å². The first-order chi connectivity index (χ1) is 13.9. The van der Waals surface area contributed by atoms with Crippen LogP contribution in [0.5, 0.6) is 0 Å². The molecule has 2 rings (SSSR count). The summed E-state index contributed by atoms with van der Waals surface area (Å²) in [6, 6.07) is 12.6. The summed E-state index contributed by atoms with van der Waals surface area (Å²) < 4.78 is 50.9. The normalized spacial score (nSPS) is 12.3. The van der Waals surface area contributed by atoms with Crippen molar-refractivity contribution in [1.29, 1.82) is 0 Å². The van der Waals surface area contributed by atoms with Gasteiger partial charge in [0.2, 0.25) is 15.9 Å². The third-order valence-electron chi connectivity index (χ3n) is 4.80. The summed E-state index contributed by atoms with van der Waals surface area (Å²) in [7, 11) is -5.56. The molecular weight excluding hydrogens is 424 g/mol. The minimum absolute atomic E-state index is 0.151. The number of nitrogens with one attached hydrogen (secondary N) is 1. The number of amides is 1. The van der Waals surface area contributed by atoms with E-state index in [1.807, 2.05) is 6.92 Å². The van der Waals surface area contributed by atoms with E-state index in [0.29, 0.717) is 0 Å². The molecular formula is C21H28N2O5S2. The predicted molar refractivity (Wildman–Crippen MR) is 116 cm³/mol. The maximum atomic E-state index is 12.5. The van der Waals surface area contributed by atoms with E-state index in [1.54, 1.807) is 38.1 Å². The molecule has 9 heteroatoms. The van der Waals surface area contributed by atoms with Gasteiger partial charge in [-0.1, -0.05) is 29.8 Å². The predicted octanol–water partition coefficient (Wildman–Crippen LogP) is 2.50. The molecule has 2 aromatic carbocycles. The van der Waals surface area contributed by atoms with E-state index < -0.39 is 19.9 Å². The highest BCUT2D eigenvalue weighted by Gasteiger charge is 2.22. The van der Waals surface area contributed by atoms with Crippen LogP contribution in [0, 0.1) is 6.92 Å². The highest BCUT2D eigenvalue weighted by Crippen LogP contribution is 2.17. The van der Waals surface area contributed by atoms with Crippen molar-refractivity contribution in [1.82, 2.24) is 9.62 Å². The lowest BCUT2D eigenvalue weighted by Gasteiger charge is -2.21. The van der Waals surface area contributed by atoms with Gasteiger partial charge in [-0.2, -0.15) is 4.31 Å². The van der Waals surface area contributed by atoms with Crippen molar-refractivity contribution in [3.8, 4) is 0 Å². The van der Waals surface area contributed by atoms with Gasteiger partial charge in [-0.25, -0.2) is 16.8 Å². The largest absolute Gasteiger partial charge is 0.352 e. The molecule has 2 aromatic rings. The Morgan fingerprint density at radius 3 is 2.00 bits per heavy atom. The zero-order valence-electron chi connectivity index (χ0n) is 17.6. The molecule has 0 atom stereocenters. The van der Waals surface area contributed by atoms with Crippen molar-refractivity contribution >= 4 is 25.8 Å². The van der Waals surface area contributed by atoms with Gasteiger partial charge in [-0.3, -0.25) is 4.79 Å². The highest BCUT2D eigenvalue weighted by molar-refractivity contribution is 7.91.